The number of aldehydes is 1. The highest BCUT2D eigenvalue weighted by atomic mass is 16.1. The summed E-state index contributed by atoms with van der Waals surface area (Å²) < 4.78 is 0. The minimum absolute atomic E-state index is 0.155. The minimum atomic E-state index is -1.02. The molecular formula is C21H27N5O2. The van der Waals surface area contributed by atoms with E-state index in [0.29, 0.717) is 12.1 Å². The Labute approximate surface area is 165 Å². The van der Waals surface area contributed by atoms with Gasteiger partial charge in [-0.05, 0) is 42.3 Å². The summed E-state index contributed by atoms with van der Waals surface area (Å²) in [5, 5.41) is 8.93. The number of fused-ring (bicyclic) bond motifs is 4. The lowest BCUT2D eigenvalue weighted by atomic mass is 9.93. The van der Waals surface area contributed by atoms with Crippen molar-refractivity contribution in [1.82, 2.24) is 10.6 Å². The first-order valence-electron chi connectivity index (χ1n) is 9.26. The van der Waals surface area contributed by atoms with Crippen molar-refractivity contribution in [2.45, 2.75) is 32.9 Å². The monoisotopic (exact) mass is 381 g/mol. The van der Waals surface area contributed by atoms with E-state index in [2.05, 4.69) is 20.9 Å². The fourth-order valence-electron chi connectivity index (χ4n) is 2.74. The first kappa shape index (κ1) is 21.0. The average molecular weight is 381 g/mol. The molecule has 7 nitrogen and oxygen atoms in total. The molecule has 1 atom stereocenters. The molecule has 1 amide bonds. The molecule has 0 spiro atoms. The van der Waals surface area contributed by atoms with Crippen molar-refractivity contribution in [2.24, 2.45) is 10.7 Å². The van der Waals surface area contributed by atoms with E-state index in [4.69, 9.17) is 5.73 Å². The minimum Gasteiger partial charge on any atom is -0.370 e. The number of nitrogens with zero attached hydrogens (tertiary/aromatic N) is 1. The van der Waals surface area contributed by atoms with Gasteiger partial charge in [0.2, 0.25) is 0 Å². The standard InChI is InChI=1S/C19H21N5O2.C2H6/c1-19(11-25)15-6-3-7-16(9-15)22-12-23-17(26)14-5-2-4-13(8-14)10-21-18(20)24-19;1-2/h2-9,11,22H,10,12H2,1H3,(H,23,26)(H3,20,21,24);1-2H3. The van der Waals surface area contributed by atoms with Crippen LogP contribution in [0.5, 0.6) is 0 Å². The number of hydrogen-bond donors (Lipinski definition) is 4. The summed E-state index contributed by atoms with van der Waals surface area (Å²) in [6.45, 7) is 6.30. The number of guanidine groups is 1. The molecule has 0 aromatic heterocycles. The van der Waals surface area contributed by atoms with Crippen LogP contribution in [-0.4, -0.2) is 24.8 Å². The Hall–Kier alpha value is -3.35. The number of anilines is 1. The van der Waals surface area contributed by atoms with Gasteiger partial charge in [-0.1, -0.05) is 38.1 Å². The van der Waals surface area contributed by atoms with E-state index in [1.165, 1.54) is 0 Å². The van der Waals surface area contributed by atoms with E-state index >= 15 is 0 Å². The number of carbonyl (C=O) groups excluding carboxylic acids is 2. The van der Waals surface area contributed by atoms with Crippen LogP contribution >= 0.6 is 0 Å². The van der Waals surface area contributed by atoms with Gasteiger partial charge in [-0.3, -0.25) is 4.79 Å². The van der Waals surface area contributed by atoms with Crippen molar-refractivity contribution >= 4 is 23.8 Å². The van der Waals surface area contributed by atoms with Gasteiger partial charge in [-0.15, -0.1) is 0 Å². The van der Waals surface area contributed by atoms with Crippen LogP contribution in [-0.2, 0) is 16.9 Å². The van der Waals surface area contributed by atoms with E-state index in [1.807, 2.05) is 44.2 Å². The van der Waals surface area contributed by atoms with Crippen molar-refractivity contribution in [2.75, 3.05) is 12.0 Å². The number of rotatable bonds is 1. The molecular weight excluding hydrogens is 354 g/mol. The zero-order chi connectivity index (χ0) is 20.6. The zero-order valence-electron chi connectivity index (χ0n) is 16.5. The van der Waals surface area contributed by atoms with Gasteiger partial charge in [-0.2, -0.15) is 0 Å². The van der Waals surface area contributed by atoms with Gasteiger partial charge in [0, 0.05) is 11.3 Å². The van der Waals surface area contributed by atoms with Crippen LogP contribution in [0.4, 0.5) is 5.69 Å². The summed E-state index contributed by atoms with van der Waals surface area (Å²) >= 11 is 0. The van der Waals surface area contributed by atoms with Crippen LogP contribution in [0.15, 0.2) is 53.5 Å². The Morgan fingerprint density at radius 2 is 1.86 bits per heavy atom. The summed E-state index contributed by atoms with van der Waals surface area (Å²) in [6.07, 6.45) is 0.801. The van der Waals surface area contributed by atoms with E-state index in [1.54, 1.807) is 25.1 Å². The molecule has 3 rings (SSSR count). The largest absolute Gasteiger partial charge is 0.370 e. The van der Waals surface area contributed by atoms with Gasteiger partial charge >= 0.3 is 0 Å². The molecule has 1 unspecified atom stereocenters. The number of aliphatic imine (C=N–C) groups is 1. The highest BCUT2D eigenvalue weighted by Crippen LogP contribution is 2.22. The molecule has 5 N–H and O–H groups in total. The Balaban J connectivity index is 0.00000136. The number of nitrogens with two attached hydrogens (primary N) is 1. The Bertz CT molecular complexity index is 865. The highest BCUT2D eigenvalue weighted by Gasteiger charge is 2.27. The van der Waals surface area contributed by atoms with Gasteiger partial charge in [0.05, 0.1) is 13.2 Å². The molecule has 28 heavy (non-hydrogen) atoms. The number of carbonyl (C=O) groups is 2. The van der Waals surface area contributed by atoms with Crippen LogP contribution in [0.2, 0.25) is 0 Å². The number of hydrogen-bond acceptors (Lipinski definition) is 6. The third-order valence-electron chi connectivity index (χ3n) is 4.25. The van der Waals surface area contributed by atoms with Crippen molar-refractivity contribution < 1.29 is 9.59 Å². The molecule has 148 valence electrons. The van der Waals surface area contributed by atoms with Crippen LogP contribution in [0.1, 0.15) is 42.3 Å². The van der Waals surface area contributed by atoms with E-state index in [9.17, 15) is 9.59 Å². The summed E-state index contributed by atoms with van der Waals surface area (Å²) in [5.74, 6) is -0.0270. The zero-order valence-corrected chi connectivity index (χ0v) is 16.5. The SMILES string of the molecule is CC.CC1(C=O)NC(N)=NCc2cccc(c2)C(=O)NCNc2cccc1c2. The lowest BCUT2D eigenvalue weighted by Crippen LogP contribution is -2.48. The summed E-state index contributed by atoms with van der Waals surface area (Å²) in [7, 11) is 0. The highest BCUT2D eigenvalue weighted by molar-refractivity contribution is 5.94. The second kappa shape index (κ2) is 9.55. The summed E-state index contributed by atoms with van der Waals surface area (Å²) in [4.78, 5) is 28.3. The number of nitrogens with one attached hydrogen (secondary N) is 3. The predicted octanol–water partition coefficient (Wildman–Crippen LogP) is 2.34. The molecule has 1 aliphatic rings. The quantitative estimate of drug-likeness (QED) is 0.567. The van der Waals surface area contributed by atoms with Crippen LogP contribution < -0.4 is 21.7 Å². The Morgan fingerprint density at radius 3 is 2.61 bits per heavy atom. The molecule has 0 saturated carbocycles. The van der Waals surface area contributed by atoms with Crippen LogP contribution in [0, 0.1) is 0 Å². The first-order valence-corrected chi connectivity index (χ1v) is 9.26. The molecule has 7 heteroatoms. The maximum absolute atomic E-state index is 12.3. The van der Waals surface area contributed by atoms with E-state index in [-0.39, 0.29) is 18.5 Å². The topological polar surface area (TPSA) is 109 Å². The van der Waals surface area contributed by atoms with Crippen LogP contribution in [0.25, 0.3) is 0 Å². The molecule has 1 aliphatic heterocycles. The van der Waals surface area contributed by atoms with Gasteiger partial charge in [-0.25, -0.2) is 4.99 Å². The van der Waals surface area contributed by atoms with E-state index in [0.717, 1.165) is 23.1 Å². The molecule has 0 fully saturated rings. The Kier molecular flexibility index (Phi) is 7.14. The fourth-order valence-corrected chi connectivity index (χ4v) is 2.74. The molecule has 1 heterocycles. The van der Waals surface area contributed by atoms with Gasteiger partial charge in [0.25, 0.3) is 5.91 Å². The summed E-state index contributed by atoms with van der Waals surface area (Å²) in [5.41, 5.74) is 7.87. The second-order valence-electron chi connectivity index (χ2n) is 6.29. The first-order chi connectivity index (χ1) is 13.5. The van der Waals surface area contributed by atoms with Crippen molar-refractivity contribution in [3.63, 3.8) is 0 Å². The van der Waals surface area contributed by atoms with Crippen molar-refractivity contribution in [1.29, 1.82) is 0 Å². The van der Waals surface area contributed by atoms with Crippen LogP contribution in [0.3, 0.4) is 0 Å². The number of amides is 1. The second-order valence-corrected chi connectivity index (χ2v) is 6.29. The molecule has 0 radical (unpaired) electrons. The molecule has 0 aliphatic carbocycles. The summed E-state index contributed by atoms with van der Waals surface area (Å²) in [6, 6.07) is 14.5. The normalized spacial score (nSPS) is 19.1. The average Bonchev–Trinajstić information content (AvgIpc) is 2.73. The van der Waals surface area contributed by atoms with Crippen molar-refractivity contribution in [3.05, 3.63) is 65.2 Å². The lowest BCUT2D eigenvalue weighted by Gasteiger charge is -2.26. The molecule has 4 bridgehead atoms. The van der Waals surface area contributed by atoms with E-state index < -0.39 is 5.54 Å². The molecule has 2 aromatic rings. The lowest BCUT2D eigenvalue weighted by molar-refractivity contribution is -0.112. The maximum Gasteiger partial charge on any atom is 0.252 e. The van der Waals surface area contributed by atoms with Crippen molar-refractivity contribution in [3.8, 4) is 0 Å². The predicted molar refractivity (Wildman–Crippen MR) is 112 cm³/mol. The Morgan fingerprint density at radius 1 is 1.11 bits per heavy atom. The third kappa shape index (κ3) is 5.09. The molecule has 2 aromatic carbocycles. The number of benzene rings is 2. The smallest absolute Gasteiger partial charge is 0.252 e. The van der Waals surface area contributed by atoms with Gasteiger partial charge in [0.15, 0.2) is 5.96 Å². The fraction of sp³-hybridized carbons (Fsp3) is 0.286. The molecule has 0 saturated heterocycles. The van der Waals surface area contributed by atoms with Gasteiger partial charge < -0.3 is 26.5 Å². The third-order valence-corrected chi connectivity index (χ3v) is 4.25. The maximum atomic E-state index is 12.3. The van der Waals surface area contributed by atoms with Gasteiger partial charge in [0.1, 0.15) is 11.8 Å².